The number of hydrogen-bond acceptors (Lipinski definition) is 1. The molecule has 2 heterocycles. The third-order valence-electron chi connectivity index (χ3n) is 5.44. The molecule has 2 aromatic heterocycles. The lowest BCUT2D eigenvalue weighted by Gasteiger charge is -2.09. The zero-order chi connectivity index (χ0) is 18.0. The minimum atomic E-state index is 1.23. The zero-order valence-corrected chi connectivity index (χ0v) is 15.8. The van der Waals surface area contributed by atoms with E-state index in [9.17, 15) is 0 Å². The lowest BCUT2D eigenvalue weighted by Crippen LogP contribution is -1.94. The van der Waals surface area contributed by atoms with Crippen LogP contribution in [0.2, 0.25) is 0 Å². The molecule has 0 aliphatic carbocycles. The molecule has 2 heteroatoms. The molecule has 0 aliphatic heterocycles. The van der Waals surface area contributed by atoms with Gasteiger partial charge in [0.2, 0.25) is 0 Å². The summed E-state index contributed by atoms with van der Waals surface area (Å²) >= 11 is 1.90. The highest BCUT2D eigenvalue weighted by Crippen LogP contribution is 2.42. The van der Waals surface area contributed by atoms with Gasteiger partial charge in [0.1, 0.15) is 0 Å². The van der Waals surface area contributed by atoms with E-state index in [2.05, 4.69) is 96.4 Å². The molecular weight excluding hydrogens is 346 g/mol. The number of aryl methyl sites for hydroxylation is 1. The number of aromatic nitrogens is 1. The molecule has 0 radical (unpaired) electrons. The molecule has 0 bridgehead atoms. The standard InChI is InChI=1S/C25H17NS/c1-16-7-6-8-17(15-16)26-22-11-4-2-9-18(22)20-13-14-21-19-10-3-5-12-23(19)27-25(21)24(20)26/h2-15H,1H3. The molecular formula is C25H17NS. The van der Waals surface area contributed by atoms with Gasteiger partial charge in [-0.3, -0.25) is 0 Å². The second-order valence-corrected chi connectivity index (χ2v) is 8.18. The average Bonchev–Trinajstić information content (AvgIpc) is 3.24. The molecule has 0 saturated heterocycles. The molecule has 1 nitrogen and oxygen atoms in total. The number of nitrogens with zero attached hydrogens (tertiary/aromatic N) is 1. The molecule has 27 heavy (non-hydrogen) atoms. The summed E-state index contributed by atoms with van der Waals surface area (Å²) < 4.78 is 5.16. The Morgan fingerprint density at radius 3 is 2.33 bits per heavy atom. The number of hydrogen-bond donors (Lipinski definition) is 0. The van der Waals surface area contributed by atoms with E-state index >= 15 is 0 Å². The van der Waals surface area contributed by atoms with Crippen LogP contribution in [0, 0.1) is 6.92 Å². The van der Waals surface area contributed by atoms with Gasteiger partial charge in [-0.25, -0.2) is 0 Å². The van der Waals surface area contributed by atoms with E-state index in [0.717, 1.165) is 0 Å². The first kappa shape index (κ1) is 15.0. The lowest BCUT2D eigenvalue weighted by molar-refractivity contribution is 1.18. The van der Waals surface area contributed by atoms with E-state index in [1.54, 1.807) is 0 Å². The molecule has 0 N–H and O–H groups in total. The molecule has 0 atom stereocenters. The van der Waals surface area contributed by atoms with E-state index in [1.807, 2.05) is 11.3 Å². The zero-order valence-electron chi connectivity index (χ0n) is 14.9. The van der Waals surface area contributed by atoms with Crippen molar-refractivity contribution in [2.24, 2.45) is 0 Å². The highest BCUT2D eigenvalue weighted by atomic mass is 32.1. The van der Waals surface area contributed by atoms with Crippen LogP contribution in [0.4, 0.5) is 0 Å². The normalized spacial score (nSPS) is 11.9. The van der Waals surface area contributed by atoms with Gasteiger partial charge in [0.15, 0.2) is 0 Å². The van der Waals surface area contributed by atoms with Gasteiger partial charge in [0.25, 0.3) is 0 Å². The van der Waals surface area contributed by atoms with Gasteiger partial charge < -0.3 is 4.57 Å². The Morgan fingerprint density at radius 1 is 0.667 bits per heavy atom. The van der Waals surface area contributed by atoms with Gasteiger partial charge in [-0.1, -0.05) is 60.7 Å². The minimum Gasteiger partial charge on any atom is -0.308 e. The first-order valence-corrected chi connectivity index (χ1v) is 10.0. The molecule has 4 aromatic carbocycles. The molecule has 128 valence electrons. The first-order chi connectivity index (χ1) is 13.3. The van der Waals surface area contributed by atoms with Crippen LogP contribution in [-0.4, -0.2) is 4.57 Å². The van der Waals surface area contributed by atoms with Gasteiger partial charge in [-0.05, 0) is 36.8 Å². The number of rotatable bonds is 1. The highest BCUT2D eigenvalue weighted by Gasteiger charge is 2.17. The summed E-state index contributed by atoms with van der Waals surface area (Å²) in [6, 6.07) is 30.9. The largest absolute Gasteiger partial charge is 0.308 e. The van der Waals surface area contributed by atoms with Gasteiger partial charge in [-0.2, -0.15) is 0 Å². The number of benzene rings is 4. The Balaban J connectivity index is 1.90. The Labute approximate surface area is 161 Å². The topological polar surface area (TPSA) is 4.93 Å². The molecule has 0 saturated carbocycles. The fourth-order valence-corrected chi connectivity index (χ4v) is 5.51. The molecule has 0 spiro atoms. The maximum Gasteiger partial charge on any atom is 0.0719 e. The van der Waals surface area contributed by atoms with Gasteiger partial charge in [-0.15, -0.1) is 11.3 Å². The predicted octanol–water partition coefficient (Wildman–Crippen LogP) is 7.46. The van der Waals surface area contributed by atoms with Crippen molar-refractivity contribution in [3.63, 3.8) is 0 Å². The molecule has 0 amide bonds. The minimum absolute atomic E-state index is 1.23. The van der Waals surface area contributed by atoms with Crippen LogP contribution >= 0.6 is 11.3 Å². The summed E-state index contributed by atoms with van der Waals surface area (Å²) in [5.41, 5.74) is 5.09. The van der Waals surface area contributed by atoms with Crippen LogP contribution in [0.5, 0.6) is 0 Å². The van der Waals surface area contributed by atoms with Crippen molar-refractivity contribution in [1.29, 1.82) is 0 Å². The maximum atomic E-state index is 2.44. The van der Waals surface area contributed by atoms with Crippen molar-refractivity contribution in [1.82, 2.24) is 4.57 Å². The van der Waals surface area contributed by atoms with Crippen molar-refractivity contribution < 1.29 is 0 Å². The molecule has 6 aromatic rings. The number of fused-ring (bicyclic) bond motifs is 7. The van der Waals surface area contributed by atoms with E-state index in [0.29, 0.717) is 0 Å². The number of thiophene rings is 1. The van der Waals surface area contributed by atoms with Crippen LogP contribution in [0.3, 0.4) is 0 Å². The van der Waals surface area contributed by atoms with Crippen LogP contribution in [0.1, 0.15) is 5.56 Å². The third-order valence-corrected chi connectivity index (χ3v) is 6.63. The van der Waals surface area contributed by atoms with Crippen molar-refractivity contribution in [3.8, 4) is 5.69 Å². The van der Waals surface area contributed by atoms with Crippen molar-refractivity contribution in [2.45, 2.75) is 6.92 Å². The van der Waals surface area contributed by atoms with Crippen LogP contribution in [-0.2, 0) is 0 Å². The number of para-hydroxylation sites is 1. The van der Waals surface area contributed by atoms with E-state index in [4.69, 9.17) is 0 Å². The van der Waals surface area contributed by atoms with E-state index in [-0.39, 0.29) is 0 Å². The summed E-state index contributed by atoms with van der Waals surface area (Å²) in [6.07, 6.45) is 0. The quantitative estimate of drug-likeness (QED) is 0.286. The average molecular weight is 363 g/mol. The molecule has 6 rings (SSSR count). The fraction of sp³-hybridized carbons (Fsp3) is 0.0400. The van der Waals surface area contributed by atoms with Gasteiger partial charge in [0.05, 0.1) is 15.7 Å². The smallest absolute Gasteiger partial charge is 0.0719 e. The van der Waals surface area contributed by atoms with Crippen molar-refractivity contribution in [2.75, 3.05) is 0 Å². The van der Waals surface area contributed by atoms with Crippen LogP contribution in [0.15, 0.2) is 84.9 Å². The van der Waals surface area contributed by atoms with Crippen molar-refractivity contribution >= 4 is 53.3 Å². The summed E-state index contributed by atoms with van der Waals surface area (Å²) in [5.74, 6) is 0. The lowest BCUT2D eigenvalue weighted by atomic mass is 10.1. The monoisotopic (exact) mass is 363 g/mol. The summed E-state index contributed by atoms with van der Waals surface area (Å²) in [6.45, 7) is 2.16. The fourth-order valence-electron chi connectivity index (χ4n) is 4.27. The summed E-state index contributed by atoms with van der Waals surface area (Å²) in [4.78, 5) is 0. The van der Waals surface area contributed by atoms with Crippen molar-refractivity contribution in [3.05, 3.63) is 90.5 Å². The molecule has 0 unspecified atom stereocenters. The van der Waals surface area contributed by atoms with E-state index < -0.39 is 0 Å². The Hall–Kier alpha value is -3.10. The van der Waals surface area contributed by atoms with Gasteiger partial charge >= 0.3 is 0 Å². The molecule has 0 aliphatic rings. The summed E-state index contributed by atoms with van der Waals surface area (Å²) in [5, 5.41) is 5.33. The Bertz CT molecular complexity index is 1480. The van der Waals surface area contributed by atoms with Crippen LogP contribution in [0.25, 0.3) is 47.7 Å². The highest BCUT2D eigenvalue weighted by molar-refractivity contribution is 7.26. The first-order valence-electron chi connectivity index (χ1n) is 9.22. The Kier molecular flexibility index (Phi) is 3.03. The predicted molar refractivity (Wildman–Crippen MR) is 118 cm³/mol. The second-order valence-electron chi connectivity index (χ2n) is 7.13. The third kappa shape index (κ3) is 2.05. The second kappa shape index (κ2) is 5.45. The Morgan fingerprint density at radius 2 is 1.44 bits per heavy atom. The maximum absolute atomic E-state index is 2.44. The SMILES string of the molecule is Cc1cccc(-n2c3ccccc3c3ccc4c5ccccc5sc4c32)c1. The van der Waals surface area contributed by atoms with Crippen LogP contribution < -0.4 is 0 Å². The van der Waals surface area contributed by atoms with Gasteiger partial charge in [0, 0.05) is 31.9 Å². The molecule has 0 fully saturated rings. The van der Waals surface area contributed by atoms with E-state index in [1.165, 1.54) is 53.2 Å². The summed E-state index contributed by atoms with van der Waals surface area (Å²) in [7, 11) is 0.